The summed E-state index contributed by atoms with van der Waals surface area (Å²) in [6, 6.07) is -0.434. The van der Waals surface area contributed by atoms with Gasteiger partial charge in [0.05, 0.1) is 0 Å². The standard InChI is InChI=1S/C15H22N2O4/c18-13(19)9-16(8-10-3-4-10)15(21)12-2-1-7-17(12)14(20)11-5-6-11/h10-12H,1-9H2,(H,18,19). The number of amides is 2. The smallest absolute Gasteiger partial charge is 0.323 e. The molecule has 0 aromatic carbocycles. The van der Waals surface area contributed by atoms with Gasteiger partial charge in [0.1, 0.15) is 12.6 Å². The number of likely N-dealkylation sites (tertiary alicyclic amines) is 1. The fourth-order valence-corrected chi connectivity index (χ4v) is 3.07. The largest absolute Gasteiger partial charge is 0.480 e. The van der Waals surface area contributed by atoms with Crippen LogP contribution < -0.4 is 0 Å². The zero-order valence-corrected chi connectivity index (χ0v) is 12.2. The van der Waals surface area contributed by atoms with Crippen molar-refractivity contribution in [2.45, 2.75) is 44.6 Å². The van der Waals surface area contributed by atoms with Gasteiger partial charge < -0.3 is 14.9 Å². The maximum absolute atomic E-state index is 12.7. The van der Waals surface area contributed by atoms with Crippen LogP contribution in [0.4, 0.5) is 0 Å². The highest BCUT2D eigenvalue weighted by molar-refractivity contribution is 5.91. The van der Waals surface area contributed by atoms with E-state index in [1.807, 2.05) is 0 Å². The lowest BCUT2D eigenvalue weighted by molar-refractivity contribution is -0.149. The predicted octanol–water partition coefficient (Wildman–Crippen LogP) is 0.711. The van der Waals surface area contributed by atoms with Crippen molar-refractivity contribution in [3.63, 3.8) is 0 Å². The van der Waals surface area contributed by atoms with Crippen molar-refractivity contribution < 1.29 is 19.5 Å². The number of nitrogens with zero attached hydrogens (tertiary/aromatic N) is 2. The van der Waals surface area contributed by atoms with Gasteiger partial charge in [0.2, 0.25) is 11.8 Å². The van der Waals surface area contributed by atoms with E-state index in [0.29, 0.717) is 25.4 Å². The average Bonchev–Trinajstić information content (AvgIpc) is 3.35. The second-order valence-electron chi connectivity index (χ2n) is 6.52. The van der Waals surface area contributed by atoms with Gasteiger partial charge in [-0.15, -0.1) is 0 Å². The summed E-state index contributed by atoms with van der Waals surface area (Å²) in [5.74, 6) is -0.512. The van der Waals surface area contributed by atoms with Crippen LogP contribution in [0.2, 0.25) is 0 Å². The molecule has 1 saturated heterocycles. The molecule has 0 spiro atoms. The average molecular weight is 294 g/mol. The highest BCUT2D eigenvalue weighted by Gasteiger charge is 2.42. The zero-order valence-electron chi connectivity index (χ0n) is 12.2. The molecule has 3 aliphatic rings. The Morgan fingerprint density at radius 2 is 1.81 bits per heavy atom. The van der Waals surface area contributed by atoms with Gasteiger partial charge in [-0.25, -0.2) is 0 Å². The Bertz CT molecular complexity index is 457. The maximum Gasteiger partial charge on any atom is 0.323 e. The van der Waals surface area contributed by atoms with Gasteiger partial charge in [0, 0.05) is 19.0 Å². The minimum absolute atomic E-state index is 0.0903. The van der Waals surface area contributed by atoms with Gasteiger partial charge in [-0.05, 0) is 44.4 Å². The fraction of sp³-hybridized carbons (Fsp3) is 0.800. The molecule has 1 atom stereocenters. The third-order valence-electron chi connectivity index (χ3n) is 4.56. The Balaban J connectivity index is 1.67. The molecule has 0 radical (unpaired) electrons. The molecule has 3 fully saturated rings. The lowest BCUT2D eigenvalue weighted by Crippen LogP contribution is -2.50. The molecule has 2 saturated carbocycles. The summed E-state index contributed by atoms with van der Waals surface area (Å²) in [7, 11) is 0. The van der Waals surface area contributed by atoms with E-state index in [2.05, 4.69) is 0 Å². The molecule has 0 aromatic heterocycles. The number of carboxylic acid groups (broad SMARTS) is 1. The van der Waals surface area contributed by atoms with Crippen LogP contribution in [0.5, 0.6) is 0 Å². The van der Waals surface area contributed by atoms with Gasteiger partial charge in [0.25, 0.3) is 0 Å². The molecule has 116 valence electrons. The Labute approximate surface area is 124 Å². The monoisotopic (exact) mass is 294 g/mol. The van der Waals surface area contributed by atoms with E-state index in [0.717, 1.165) is 32.1 Å². The molecule has 21 heavy (non-hydrogen) atoms. The lowest BCUT2D eigenvalue weighted by Gasteiger charge is -2.29. The summed E-state index contributed by atoms with van der Waals surface area (Å²) in [4.78, 5) is 39.0. The molecule has 0 bridgehead atoms. The summed E-state index contributed by atoms with van der Waals surface area (Å²) < 4.78 is 0. The molecular weight excluding hydrogens is 272 g/mol. The summed E-state index contributed by atoms with van der Waals surface area (Å²) in [5.41, 5.74) is 0. The minimum atomic E-state index is -0.984. The summed E-state index contributed by atoms with van der Waals surface area (Å²) in [5, 5.41) is 9.01. The quantitative estimate of drug-likeness (QED) is 0.782. The second kappa shape index (κ2) is 5.66. The van der Waals surface area contributed by atoms with Crippen molar-refractivity contribution in [2.75, 3.05) is 19.6 Å². The molecule has 1 N–H and O–H groups in total. The molecule has 6 nitrogen and oxygen atoms in total. The van der Waals surface area contributed by atoms with E-state index in [1.54, 1.807) is 4.90 Å². The van der Waals surface area contributed by atoms with E-state index >= 15 is 0 Å². The van der Waals surface area contributed by atoms with Gasteiger partial charge in [-0.1, -0.05) is 0 Å². The number of aliphatic carboxylic acids is 1. The van der Waals surface area contributed by atoms with Crippen molar-refractivity contribution in [3.05, 3.63) is 0 Å². The van der Waals surface area contributed by atoms with Crippen LogP contribution in [-0.2, 0) is 14.4 Å². The first-order valence-corrected chi connectivity index (χ1v) is 7.87. The third-order valence-corrected chi connectivity index (χ3v) is 4.56. The Morgan fingerprint density at radius 1 is 1.10 bits per heavy atom. The molecule has 2 amide bonds. The van der Waals surface area contributed by atoms with Crippen LogP contribution in [0, 0.1) is 11.8 Å². The van der Waals surface area contributed by atoms with E-state index in [9.17, 15) is 14.4 Å². The minimum Gasteiger partial charge on any atom is -0.480 e. The number of hydrogen-bond donors (Lipinski definition) is 1. The van der Waals surface area contributed by atoms with Gasteiger partial charge >= 0.3 is 5.97 Å². The number of carbonyl (C=O) groups is 3. The highest BCUT2D eigenvalue weighted by Crippen LogP contribution is 2.34. The zero-order chi connectivity index (χ0) is 15.0. The van der Waals surface area contributed by atoms with Crippen molar-refractivity contribution in [2.24, 2.45) is 11.8 Å². The van der Waals surface area contributed by atoms with Crippen LogP contribution in [0.3, 0.4) is 0 Å². The first-order valence-electron chi connectivity index (χ1n) is 7.87. The molecule has 1 heterocycles. The predicted molar refractivity (Wildman–Crippen MR) is 74.4 cm³/mol. The van der Waals surface area contributed by atoms with Gasteiger partial charge in [-0.2, -0.15) is 0 Å². The number of hydrogen-bond acceptors (Lipinski definition) is 3. The van der Waals surface area contributed by atoms with Crippen molar-refractivity contribution in [1.82, 2.24) is 9.80 Å². The first-order chi connectivity index (χ1) is 10.1. The topological polar surface area (TPSA) is 77.9 Å². The van der Waals surface area contributed by atoms with E-state index in [1.165, 1.54) is 4.90 Å². The summed E-state index contributed by atoms with van der Waals surface area (Å²) in [6.07, 6.45) is 5.49. The molecule has 2 aliphatic carbocycles. The van der Waals surface area contributed by atoms with Crippen LogP contribution in [-0.4, -0.2) is 58.4 Å². The number of rotatable bonds is 6. The summed E-state index contributed by atoms with van der Waals surface area (Å²) in [6.45, 7) is 0.903. The Hall–Kier alpha value is -1.59. The third kappa shape index (κ3) is 3.36. The normalized spacial score (nSPS) is 25.0. The van der Waals surface area contributed by atoms with E-state index in [4.69, 9.17) is 5.11 Å². The first kappa shape index (κ1) is 14.4. The molecule has 3 rings (SSSR count). The van der Waals surface area contributed by atoms with E-state index in [-0.39, 0.29) is 24.3 Å². The number of carbonyl (C=O) groups excluding carboxylic acids is 2. The van der Waals surface area contributed by atoms with Crippen molar-refractivity contribution in [1.29, 1.82) is 0 Å². The van der Waals surface area contributed by atoms with Crippen LogP contribution >= 0.6 is 0 Å². The number of carboxylic acids is 1. The fourth-order valence-electron chi connectivity index (χ4n) is 3.07. The summed E-state index contributed by atoms with van der Waals surface area (Å²) >= 11 is 0. The van der Waals surface area contributed by atoms with Crippen LogP contribution in [0.15, 0.2) is 0 Å². The van der Waals surface area contributed by atoms with Crippen LogP contribution in [0.25, 0.3) is 0 Å². The lowest BCUT2D eigenvalue weighted by atomic mass is 10.1. The van der Waals surface area contributed by atoms with Crippen LogP contribution in [0.1, 0.15) is 38.5 Å². The molecule has 6 heteroatoms. The van der Waals surface area contributed by atoms with Gasteiger partial charge in [-0.3, -0.25) is 14.4 Å². The molecular formula is C15H22N2O4. The maximum atomic E-state index is 12.7. The van der Waals surface area contributed by atoms with E-state index < -0.39 is 12.0 Å². The van der Waals surface area contributed by atoms with Gasteiger partial charge in [0.15, 0.2) is 0 Å². The Morgan fingerprint density at radius 3 is 2.38 bits per heavy atom. The molecule has 1 unspecified atom stereocenters. The van der Waals surface area contributed by atoms with Crippen molar-refractivity contribution in [3.8, 4) is 0 Å². The highest BCUT2D eigenvalue weighted by atomic mass is 16.4. The SMILES string of the molecule is O=C(O)CN(CC1CC1)C(=O)C1CCCN1C(=O)C1CC1. The molecule has 1 aliphatic heterocycles. The van der Waals surface area contributed by atoms with Crippen molar-refractivity contribution >= 4 is 17.8 Å². The Kier molecular flexibility index (Phi) is 3.87. The second-order valence-corrected chi connectivity index (χ2v) is 6.52. The molecule has 0 aromatic rings.